The van der Waals surface area contributed by atoms with Crippen LogP contribution in [-0.2, 0) is 19.1 Å². The SMILES string of the molecule is CCOC(=O)c1c(C2CC2)csc1NC(=O)COC(=O)/C=C/c1cccs1. The number of hydrogen-bond donors (Lipinski definition) is 1. The summed E-state index contributed by atoms with van der Waals surface area (Å²) in [5, 5.41) is 6.88. The highest BCUT2D eigenvalue weighted by Gasteiger charge is 2.32. The topological polar surface area (TPSA) is 81.7 Å². The van der Waals surface area contributed by atoms with E-state index in [0.717, 1.165) is 23.3 Å². The van der Waals surface area contributed by atoms with E-state index in [1.165, 1.54) is 28.7 Å². The summed E-state index contributed by atoms with van der Waals surface area (Å²) in [4.78, 5) is 37.0. The molecule has 1 N–H and O–H groups in total. The van der Waals surface area contributed by atoms with Crippen LogP contribution in [-0.4, -0.2) is 31.1 Å². The number of carbonyl (C=O) groups is 3. The zero-order valence-corrected chi connectivity index (χ0v) is 16.4. The highest BCUT2D eigenvalue weighted by molar-refractivity contribution is 7.15. The van der Waals surface area contributed by atoms with E-state index >= 15 is 0 Å². The molecule has 0 saturated heterocycles. The zero-order valence-electron chi connectivity index (χ0n) is 14.7. The lowest BCUT2D eigenvalue weighted by atomic mass is 10.1. The van der Waals surface area contributed by atoms with E-state index in [1.54, 1.807) is 13.0 Å². The van der Waals surface area contributed by atoms with Gasteiger partial charge in [-0.2, -0.15) is 0 Å². The van der Waals surface area contributed by atoms with E-state index < -0.39 is 24.5 Å². The molecule has 0 atom stereocenters. The van der Waals surface area contributed by atoms with E-state index in [-0.39, 0.29) is 6.61 Å². The van der Waals surface area contributed by atoms with Crippen molar-refractivity contribution in [3.8, 4) is 0 Å². The second kappa shape index (κ2) is 8.96. The third kappa shape index (κ3) is 5.27. The Kier molecular flexibility index (Phi) is 6.41. The number of thiophene rings is 2. The summed E-state index contributed by atoms with van der Waals surface area (Å²) in [6.07, 6.45) is 4.97. The van der Waals surface area contributed by atoms with Gasteiger partial charge >= 0.3 is 11.9 Å². The quantitative estimate of drug-likeness (QED) is 0.529. The minimum absolute atomic E-state index is 0.264. The van der Waals surface area contributed by atoms with Gasteiger partial charge in [0.25, 0.3) is 5.91 Å². The highest BCUT2D eigenvalue weighted by atomic mass is 32.1. The molecule has 0 spiro atoms. The third-order valence-electron chi connectivity index (χ3n) is 3.84. The predicted octanol–water partition coefficient (Wildman–Crippen LogP) is 4.06. The Morgan fingerprint density at radius 2 is 2.07 bits per heavy atom. The molecule has 2 aromatic heterocycles. The summed E-state index contributed by atoms with van der Waals surface area (Å²) in [7, 11) is 0. The smallest absolute Gasteiger partial charge is 0.341 e. The fraction of sp³-hybridized carbons (Fsp3) is 0.316. The first-order valence-corrected chi connectivity index (χ1v) is 10.3. The lowest BCUT2D eigenvalue weighted by Gasteiger charge is -2.08. The molecule has 1 amide bonds. The van der Waals surface area contributed by atoms with Gasteiger partial charge in [0.1, 0.15) is 5.00 Å². The molecule has 0 radical (unpaired) electrons. The van der Waals surface area contributed by atoms with Crippen LogP contribution >= 0.6 is 22.7 Å². The van der Waals surface area contributed by atoms with E-state index in [1.807, 2.05) is 22.9 Å². The van der Waals surface area contributed by atoms with Crippen molar-refractivity contribution < 1.29 is 23.9 Å². The van der Waals surface area contributed by atoms with Crippen LogP contribution in [0.5, 0.6) is 0 Å². The van der Waals surface area contributed by atoms with Gasteiger partial charge in [0.2, 0.25) is 0 Å². The number of esters is 2. The van der Waals surface area contributed by atoms with Gasteiger partial charge in [-0.15, -0.1) is 22.7 Å². The van der Waals surface area contributed by atoms with Gasteiger partial charge < -0.3 is 14.8 Å². The number of carbonyl (C=O) groups excluding carboxylic acids is 3. The molecule has 8 heteroatoms. The van der Waals surface area contributed by atoms with Crippen molar-refractivity contribution in [3.05, 3.63) is 45.0 Å². The fourth-order valence-electron chi connectivity index (χ4n) is 2.46. The van der Waals surface area contributed by atoms with Crippen LogP contribution in [0.4, 0.5) is 5.00 Å². The molecule has 6 nitrogen and oxygen atoms in total. The van der Waals surface area contributed by atoms with Crippen LogP contribution in [0, 0.1) is 0 Å². The second-order valence-electron chi connectivity index (χ2n) is 5.89. The van der Waals surface area contributed by atoms with Gasteiger partial charge in [-0.05, 0) is 54.1 Å². The molecule has 1 fully saturated rings. The number of ether oxygens (including phenoxy) is 2. The number of hydrogen-bond acceptors (Lipinski definition) is 7. The highest BCUT2D eigenvalue weighted by Crippen LogP contribution is 2.46. The van der Waals surface area contributed by atoms with Gasteiger partial charge in [-0.25, -0.2) is 9.59 Å². The molecule has 1 saturated carbocycles. The lowest BCUT2D eigenvalue weighted by Crippen LogP contribution is -2.21. The van der Waals surface area contributed by atoms with Crippen LogP contribution in [0.2, 0.25) is 0 Å². The number of anilines is 1. The average Bonchev–Trinajstić information content (AvgIpc) is 3.19. The number of nitrogens with one attached hydrogen (secondary N) is 1. The van der Waals surface area contributed by atoms with Crippen molar-refractivity contribution in [2.24, 2.45) is 0 Å². The second-order valence-corrected chi connectivity index (χ2v) is 7.75. The van der Waals surface area contributed by atoms with Crippen molar-refractivity contribution in [3.63, 3.8) is 0 Å². The minimum Gasteiger partial charge on any atom is -0.462 e. The largest absolute Gasteiger partial charge is 0.462 e. The van der Waals surface area contributed by atoms with Gasteiger partial charge in [-0.3, -0.25) is 4.79 Å². The molecule has 142 valence electrons. The lowest BCUT2D eigenvalue weighted by molar-refractivity contribution is -0.142. The van der Waals surface area contributed by atoms with Crippen molar-refractivity contribution in [1.29, 1.82) is 0 Å². The minimum atomic E-state index is -0.603. The summed E-state index contributed by atoms with van der Waals surface area (Å²) in [6.45, 7) is 1.58. The Hall–Kier alpha value is -2.45. The normalized spacial score (nSPS) is 13.5. The van der Waals surface area contributed by atoms with Crippen LogP contribution in [0.3, 0.4) is 0 Å². The Bertz CT molecular complexity index is 850. The van der Waals surface area contributed by atoms with Crippen LogP contribution in [0.1, 0.15) is 46.5 Å². The maximum absolute atomic E-state index is 12.3. The molecule has 2 heterocycles. The summed E-state index contributed by atoms with van der Waals surface area (Å²) >= 11 is 2.78. The van der Waals surface area contributed by atoms with E-state index in [0.29, 0.717) is 16.5 Å². The predicted molar refractivity (Wildman–Crippen MR) is 105 cm³/mol. The summed E-state index contributed by atoms with van der Waals surface area (Å²) < 4.78 is 10.1. The van der Waals surface area contributed by atoms with E-state index in [2.05, 4.69) is 5.32 Å². The monoisotopic (exact) mass is 405 g/mol. The molecule has 2 aromatic rings. The molecule has 1 aliphatic carbocycles. The average molecular weight is 405 g/mol. The summed E-state index contributed by atoms with van der Waals surface area (Å²) in [5.41, 5.74) is 1.34. The molecule has 0 aromatic carbocycles. The summed E-state index contributed by atoms with van der Waals surface area (Å²) in [6, 6.07) is 3.74. The zero-order chi connectivity index (χ0) is 19.2. The van der Waals surface area contributed by atoms with Crippen molar-refractivity contribution >= 4 is 51.6 Å². The van der Waals surface area contributed by atoms with Crippen LogP contribution in [0.25, 0.3) is 6.08 Å². The van der Waals surface area contributed by atoms with Gasteiger partial charge in [0.15, 0.2) is 6.61 Å². The van der Waals surface area contributed by atoms with Gasteiger partial charge in [0.05, 0.1) is 12.2 Å². The van der Waals surface area contributed by atoms with Crippen LogP contribution < -0.4 is 5.32 Å². The maximum atomic E-state index is 12.3. The molecular weight excluding hydrogens is 386 g/mol. The van der Waals surface area contributed by atoms with Gasteiger partial charge in [-0.1, -0.05) is 6.07 Å². The van der Waals surface area contributed by atoms with E-state index in [4.69, 9.17) is 9.47 Å². The number of amides is 1. The molecule has 0 bridgehead atoms. The van der Waals surface area contributed by atoms with Crippen molar-refractivity contribution in [2.75, 3.05) is 18.5 Å². The fourth-order valence-corrected chi connectivity index (χ4v) is 4.12. The summed E-state index contributed by atoms with van der Waals surface area (Å²) in [5.74, 6) is -1.19. The first-order valence-electron chi connectivity index (χ1n) is 8.55. The van der Waals surface area contributed by atoms with E-state index in [9.17, 15) is 14.4 Å². The van der Waals surface area contributed by atoms with Crippen LogP contribution in [0.15, 0.2) is 29.0 Å². The van der Waals surface area contributed by atoms with Crippen molar-refractivity contribution in [1.82, 2.24) is 0 Å². The van der Waals surface area contributed by atoms with Crippen molar-refractivity contribution in [2.45, 2.75) is 25.7 Å². The molecule has 0 aliphatic heterocycles. The number of rotatable bonds is 8. The maximum Gasteiger partial charge on any atom is 0.341 e. The standard InChI is InChI=1S/C19H19NO5S2/c1-2-24-19(23)17-14(12-5-6-12)11-27-18(17)20-15(21)10-25-16(22)8-7-13-4-3-9-26-13/h3-4,7-9,11-12H,2,5-6,10H2,1H3,(H,20,21)/b8-7+. The first-order chi connectivity index (χ1) is 13.1. The molecule has 3 rings (SSSR count). The Balaban J connectivity index is 1.57. The molecular formula is C19H19NO5S2. The Labute approximate surface area is 164 Å². The van der Waals surface area contributed by atoms with Gasteiger partial charge in [0, 0.05) is 11.0 Å². The first kappa shape index (κ1) is 19.3. The third-order valence-corrected chi connectivity index (χ3v) is 5.59. The Morgan fingerprint density at radius 1 is 1.26 bits per heavy atom. The molecule has 27 heavy (non-hydrogen) atoms. The molecule has 0 unspecified atom stereocenters. The molecule has 1 aliphatic rings. The Morgan fingerprint density at radius 3 is 2.74 bits per heavy atom.